The first kappa shape index (κ1) is 14.4. The lowest BCUT2D eigenvalue weighted by atomic mass is 10.4. The second-order valence-corrected chi connectivity index (χ2v) is 5.64. The second kappa shape index (κ2) is 5.16. The molecule has 0 aliphatic rings. The normalized spacial score (nSPS) is 11.8. The lowest BCUT2D eigenvalue weighted by Crippen LogP contribution is -2.13. The summed E-state index contributed by atoms with van der Waals surface area (Å²) in [6, 6.07) is 4.00. The molecule has 0 unspecified atom stereocenters. The molecule has 2 rings (SSSR count). The number of anilines is 1. The van der Waals surface area contributed by atoms with E-state index in [2.05, 4.69) is 5.10 Å². The number of benzene rings is 1. The van der Waals surface area contributed by atoms with Gasteiger partial charge in [0.2, 0.25) is 0 Å². The van der Waals surface area contributed by atoms with E-state index in [1.807, 2.05) is 4.72 Å². The van der Waals surface area contributed by atoms with Crippen LogP contribution in [0.4, 0.5) is 18.9 Å². The molecule has 1 N–H and O–H groups in total. The van der Waals surface area contributed by atoms with Crippen LogP contribution >= 0.6 is 0 Å². The molecular weight excluding hydrogens is 295 g/mol. The quantitative estimate of drug-likeness (QED) is 0.942. The van der Waals surface area contributed by atoms with Crippen LogP contribution in [0.2, 0.25) is 0 Å². The third-order valence-corrected chi connectivity index (χ3v) is 3.81. The smallest absolute Gasteiger partial charge is 0.276 e. The van der Waals surface area contributed by atoms with Crippen LogP contribution in [-0.2, 0) is 17.1 Å². The van der Waals surface area contributed by atoms with E-state index in [1.165, 1.54) is 7.05 Å². The van der Waals surface area contributed by atoms with Crippen LogP contribution in [-0.4, -0.2) is 18.2 Å². The van der Waals surface area contributed by atoms with Gasteiger partial charge in [-0.05, 0) is 24.3 Å². The van der Waals surface area contributed by atoms with Crippen molar-refractivity contribution in [2.24, 2.45) is 7.05 Å². The van der Waals surface area contributed by atoms with Crippen molar-refractivity contribution in [1.29, 1.82) is 0 Å². The van der Waals surface area contributed by atoms with Gasteiger partial charge in [0.1, 0.15) is 5.82 Å². The summed E-state index contributed by atoms with van der Waals surface area (Å²) in [5, 5.41) is 3.48. The molecular formula is C11H10F3N3O2S. The highest BCUT2D eigenvalue weighted by atomic mass is 32.2. The molecule has 9 heteroatoms. The van der Waals surface area contributed by atoms with E-state index in [0.29, 0.717) is 0 Å². The number of hydrogen-bond donors (Lipinski definition) is 1. The van der Waals surface area contributed by atoms with Crippen LogP contribution in [0.25, 0.3) is 0 Å². The van der Waals surface area contributed by atoms with E-state index >= 15 is 0 Å². The summed E-state index contributed by atoms with van der Waals surface area (Å²) >= 11 is 0. The summed E-state index contributed by atoms with van der Waals surface area (Å²) in [7, 11) is -2.69. The summed E-state index contributed by atoms with van der Waals surface area (Å²) in [5.41, 5.74) is -0.981. The number of alkyl halides is 2. The Labute approximate surface area is 113 Å². The number of hydrogen-bond acceptors (Lipinski definition) is 3. The minimum Gasteiger partial charge on any atom is -0.276 e. The minimum atomic E-state index is -4.08. The molecule has 1 heterocycles. The van der Waals surface area contributed by atoms with E-state index in [9.17, 15) is 21.6 Å². The van der Waals surface area contributed by atoms with Gasteiger partial charge in [-0.25, -0.2) is 21.6 Å². The fourth-order valence-corrected chi connectivity index (χ4v) is 2.62. The van der Waals surface area contributed by atoms with Crippen molar-refractivity contribution < 1.29 is 21.6 Å². The summed E-state index contributed by atoms with van der Waals surface area (Å²) in [4.78, 5) is -0.233. The van der Waals surface area contributed by atoms with Crippen LogP contribution in [0.5, 0.6) is 0 Å². The van der Waals surface area contributed by atoms with E-state index < -0.39 is 28.0 Å². The molecule has 5 nitrogen and oxygen atoms in total. The maximum absolute atomic E-state index is 12.7. The highest BCUT2D eigenvalue weighted by molar-refractivity contribution is 7.92. The van der Waals surface area contributed by atoms with Crippen molar-refractivity contribution in [3.63, 3.8) is 0 Å². The molecule has 0 saturated carbocycles. The summed E-state index contributed by atoms with van der Waals surface area (Å²) in [6.07, 6.45) is -1.79. The van der Waals surface area contributed by atoms with Gasteiger partial charge < -0.3 is 0 Å². The van der Waals surface area contributed by atoms with E-state index in [0.717, 1.165) is 35.1 Å². The van der Waals surface area contributed by atoms with Gasteiger partial charge in [-0.1, -0.05) is 0 Å². The first-order valence-corrected chi connectivity index (χ1v) is 6.88. The van der Waals surface area contributed by atoms with E-state index in [4.69, 9.17) is 0 Å². The van der Waals surface area contributed by atoms with Gasteiger partial charge in [0.05, 0.1) is 10.6 Å². The Morgan fingerprint density at radius 2 is 1.85 bits per heavy atom. The predicted octanol–water partition coefficient (Wildman–Crippen LogP) is 2.30. The van der Waals surface area contributed by atoms with Crippen molar-refractivity contribution in [2.45, 2.75) is 11.3 Å². The van der Waals surface area contributed by atoms with Crippen LogP contribution in [0.15, 0.2) is 35.4 Å². The topological polar surface area (TPSA) is 64.0 Å². The number of nitrogens with zero attached hydrogens (tertiary/aromatic N) is 2. The van der Waals surface area contributed by atoms with Crippen molar-refractivity contribution in [3.8, 4) is 0 Å². The standard InChI is InChI=1S/C11H10F3N3O2S/c1-17-6-9(10(15-17)11(13)14)16-20(18,19)8-4-2-7(12)3-5-8/h2-6,11,16H,1H3. The van der Waals surface area contributed by atoms with Crippen molar-refractivity contribution in [3.05, 3.63) is 42.0 Å². The van der Waals surface area contributed by atoms with Crippen LogP contribution in [0, 0.1) is 5.82 Å². The average Bonchev–Trinajstić information content (AvgIpc) is 2.70. The zero-order valence-electron chi connectivity index (χ0n) is 10.2. The monoisotopic (exact) mass is 305 g/mol. The largest absolute Gasteiger partial charge is 0.284 e. The molecule has 0 aliphatic carbocycles. The number of aryl methyl sites for hydroxylation is 1. The fourth-order valence-electron chi connectivity index (χ4n) is 1.56. The summed E-state index contributed by atoms with van der Waals surface area (Å²) < 4.78 is 65.2. The first-order chi connectivity index (χ1) is 9.29. The molecule has 0 amide bonds. The van der Waals surface area contributed by atoms with Gasteiger partial charge in [-0.15, -0.1) is 0 Å². The molecule has 1 aromatic carbocycles. The van der Waals surface area contributed by atoms with Gasteiger partial charge in [-0.3, -0.25) is 9.40 Å². The first-order valence-electron chi connectivity index (χ1n) is 5.39. The van der Waals surface area contributed by atoms with Crippen molar-refractivity contribution in [1.82, 2.24) is 9.78 Å². The number of nitrogens with one attached hydrogen (secondary N) is 1. The molecule has 20 heavy (non-hydrogen) atoms. The molecule has 2 aromatic rings. The molecule has 0 spiro atoms. The third kappa shape index (κ3) is 2.93. The average molecular weight is 305 g/mol. The van der Waals surface area contributed by atoms with Crippen LogP contribution < -0.4 is 4.72 Å². The van der Waals surface area contributed by atoms with Crippen molar-refractivity contribution in [2.75, 3.05) is 4.72 Å². The fraction of sp³-hybridized carbons (Fsp3) is 0.182. The molecule has 0 bridgehead atoms. The molecule has 0 fully saturated rings. The summed E-state index contributed by atoms with van der Waals surface area (Å²) in [5.74, 6) is -0.599. The Kier molecular flexibility index (Phi) is 3.71. The number of aromatic nitrogens is 2. The highest BCUT2D eigenvalue weighted by Crippen LogP contribution is 2.27. The van der Waals surface area contributed by atoms with Gasteiger partial charge >= 0.3 is 0 Å². The number of rotatable bonds is 4. The van der Waals surface area contributed by atoms with Gasteiger partial charge in [0.25, 0.3) is 16.4 Å². The van der Waals surface area contributed by atoms with Crippen molar-refractivity contribution >= 4 is 15.7 Å². The van der Waals surface area contributed by atoms with Crippen LogP contribution in [0.3, 0.4) is 0 Å². The second-order valence-electron chi connectivity index (χ2n) is 3.96. The van der Waals surface area contributed by atoms with E-state index in [-0.39, 0.29) is 10.6 Å². The highest BCUT2D eigenvalue weighted by Gasteiger charge is 2.22. The maximum atomic E-state index is 12.7. The Morgan fingerprint density at radius 1 is 1.25 bits per heavy atom. The van der Waals surface area contributed by atoms with Crippen LogP contribution in [0.1, 0.15) is 12.1 Å². The molecule has 0 atom stereocenters. The lowest BCUT2D eigenvalue weighted by molar-refractivity contribution is 0.146. The molecule has 108 valence electrons. The van der Waals surface area contributed by atoms with Gasteiger partial charge in [0, 0.05) is 13.2 Å². The molecule has 0 saturated heterocycles. The SMILES string of the molecule is Cn1cc(NS(=O)(=O)c2ccc(F)cc2)c(C(F)F)n1. The Hall–Kier alpha value is -2.03. The molecule has 1 aromatic heterocycles. The molecule has 0 radical (unpaired) electrons. The maximum Gasteiger partial charge on any atom is 0.284 e. The zero-order valence-corrected chi connectivity index (χ0v) is 11.0. The van der Waals surface area contributed by atoms with Gasteiger partial charge in [0.15, 0.2) is 5.69 Å². The summed E-state index contributed by atoms with van der Waals surface area (Å²) in [6.45, 7) is 0. The Bertz CT molecular complexity index is 711. The number of sulfonamides is 1. The molecule has 0 aliphatic heterocycles. The van der Waals surface area contributed by atoms with Gasteiger partial charge in [-0.2, -0.15) is 5.10 Å². The lowest BCUT2D eigenvalue weighted by Gasteiger charge is -2.07. The zero-order chi connectivity index (χ0) is 14.9. The Morgan fingerprint density at radius 3 is 2.40 bits per heavy atom. The van der Waals surface area contributed by atoms with E-state index in [1.54, 1.807) is 0 Å². The third-order valence-electron chi connectivity index (χ3n) is 2.43. The Balaban J connectivity index is 2.35. The minimum absolute atomic E-state index is 0.233. The number of halogens is 3. The predicted molar refractivity (Wildman–Crippen MR) is 65.4 cm³/mol.